The van der Waals surface area contributed by atoms with E-state index in [0.717, 1.165) is 62.8 Å². The fourth-order valence-corrected chi connectivity index (χ4v) is 3.70. The van der Waals surface area contributed by atoms with Crippen LogP contribution in [-0.2, 0) is 13.0 Å². The third-order valence-corrected chi connectivity index (χ3v) is 5.13. The molecule has 0 N–H and O–H groups in total. The van der Waals surface area contributed by atoms with Crippen LogP contribution in [0.15, 0.2) is 36.7 Å². The van der Waals surface area contributed by atoms with E-state index in [4.69, 9.17) is 4.74 Å². The summed E-state index contributed by atoms with van der Waals surface area (Å²) in [6.07, 6.45) is 3.63. The SMILES string of the molecule is CCCc1cc(N2CCN(Cc3ccc(OCC)cc3)CC2)n2ncnc2n1. The van der Waals surface area contributed by atoms with Gasteiger partial charge < -0.3 is 9.64 Å². The summed E-state index contributed by atoms with van der Waals surface area (Å²) < 4.78 is 7.39. The van der Waals surface area contributed by atoms with Crippen LogP contribution in [0.1, 0.15) is 31.5 Å². The number of hydrogen-bond acceptors (Lipinski definition) is 6. The van der Waals surface area contributed by atoms with Crippen LogP contribution in [0.3, 0.4) is 0 Å². The molecule has 0 aliphatic carbocycles. The Morgan fingerprint density at radius 3 is 2.54 bits per heavy atom. The summed E-state index contributed by atoms with van der Waals surface area (Å²) in [6, 6.07) is 10.6. The number of aromatic nitrogens is 4. The summed E-state index contributed by atoms with van der Waals surface area (Å²) in [4.78, 5) is 13.8. The Kier molecular flexibility index (Phi) is 5.71. The van der Waals surface area contributed by atoms with Gasteiger partial charge in [0.15, 0.2) is 0 Å². The van der Waals surface area contributed by atoms with E-state index in [1.54, 1.807) is 6.33 Å². The van der Waals surface area contributed by atoms with Crippen molar-refractivity contribution in [2.24, 2.45) is 0 Å². The predicted octanol–water partition coefficient (Wildman–Crippen LogP) is 2.80. The van der Waals surface area contributed by atoms with Gasteiger partial charge in [-0.1, -0.05) is 25.5 Å². The zero-order valence-corrected chi connectivity index (χ0v) is 16.7. The molecule has 1 aromatic carbocycles. The van der Waals surface area contributed by atoms with E-state index in [2.05, 4.69) is 62.1 Å². The molecule has 0 saturated carbocycles. The van der Waals surface area contributed by atoms with Crippen LogP contribution >= 0.6 is 0 Å². The summed E-state index contributed by atoms with van der Waals surface area (Å²) in [5.74, 6) is 2.73. The smallest absolute Gasteiger partial charge is 0.254 e. The molecular weight excluding hydrogens is 352 g/mol. The number of nitrogens with zero attached hydrogens (tertiary/aromatic N) is 6. The molecule has 0 spiro atoms. The lowest BCUT2D eigenvalue weighted by atomic mass is 10.2. The highest BCUT2D eigenvalue weighted by Gasteiger charge is 2.20. The number of anilines is 1. The third kappa shape index (κ3) is 4.09. The molecule has 4 rings (SSSR count). The Balaban J connectivity index is 1.41. The Morgan fingerprint density at radius 1 is 1.04 bits per heavy atom. The molecule has 3 heterocycles. The number of fused-ring (bicyclic) bond motifs is 1. The first-order valence-electron chi connectivity index (χ1n) is 10.2. The van der Waals surface area contributed by atoms with Gasteiger partial charge in [-0.05, 0) is 31.0 Å². The first-order valence-corrected chi connectivity index (χ1v) is 10.2. The minimum absolute atomic E-state index is 0.692. The molecule has 2 aromatic heterocycles. The molecule has 0 atom stereocenters. The Bertz CT molecular complexity index is 899. The number of ether oxygens (including phenoxy) is 1. The quantitative estimate of drug-likeness (QED) is 0.628. The van der Waals surface area contributed by atoms with Crippen molar-refractivity contribution in [3.05, 3.63) is 47.9 Å². The summed E-state index contributed by atoms with van der Waals surface area (Å²) in [7, 11) is 0. The summed E-state index contributed by atoms with van der Waals surface area (Å²) in [6.45, 7) is 9.85. The Labute approximate surface area is 166 Å². The van der Waals surface area contributed by atoms with E-state index in [0.29, 0.717) is 12.4 Å². The molecule has 1 fully saturated rings. The normalized spacial score (nSPS) is 15.3. The highest BCUT2D eigenvalue weighted by Crippen LogP contribution is 2.20. The minimum Gasteiger partial charge on any atom is -0.494 e. The lowest BCUT2D eigenvalue weighted by Crippen LogP contribution is -2.46. The van der Waals surface area contributed by atoms with E-state index in [9.17, 15) is 0 Å². The number of hydrogen-bond donors (Lipinski definition) is 0. The second-order valence-corrected chi connectivity index (χ2v) is 7.17. The van der Waals surface area contributed by atoms with E-state index in [1.165, 1.54) is 5.56 Å². The van der Waals surface area contributed by atoms with Crippen LogP contribution in [0, 0.1) is 0 Å². The second-order valence-electron chi connectivity index (χ2n) is 7.17. The van der Waals surface area contributed by atoms with Gasteiger partial charge in [0.1, 0.15) is 17.9 Å². The van der Waals surface area contributed by atoms with Crippen LogP contribution in [0.5, 0.6) is 5.75 Å². The number of piperazine rings is 1. The van der Waals surface area contributed by atoms with Gasteiger partial charge in [0.2, 0.25) is 0 Å². The lowest BCUT2D eigenvalue weighted by molar-refractivity contribution is 0.249. The molecule has 7 nitrogen and oxygen atoms in total. The van der Waals surface area contributed by atoms with Gasteiger partial charge in [0.25, 0.3) is 5.78 Å². The summed E-state index contributed by atoms with van der Waals surface area (Å²) in [5.41, 5.74) is 2.42. The van der Waals surface area contributed by atoms with Gasteiger partial charge in [-0.3, -0.25) is 4.90 Å². The first kappa shape index (κ1) is 18.7. The molecule has 0 bridgehead atoms. The Morgan fingerprint density at radius 2 is 1.82 bits per heavy atom. The van der Waals surface area contributed by atoms with Crippen molar-refractivity contribution >= 4 is 11.6 Å². The Hall–Kier alpha value is -2.67. The molecule has 3 aromatic rings. The highest BCUT2D eigenvalue weighted by molar-refractivity contribution is 5.47. The van der Waals surface area contributed by atoms with Crippen molar-refractivity contribution in [2.45, 2.75) is 33.2 Å². The van der Waals surface area contributed by atoms with Crippen molar-refractivity contribution < 1.29 is 4.74 Å². The van der Waals surface area contributed by atoms with Crippen LogP contribution < -0.4 is 9.64 Å². The fourth-order valence-electron chi connectivity index (χ4n) is 3.70. The summed E-state index contributed by atoms with van der Waals surface area (Å²) >= 11 is 0. The van der Waals surface area contributed by atoms with Crippen LogP contribution in [0.25, 0.3) is 5.78 Å². The molecule has 0 amide bonds. The molecule has 1 aliphatic rings. The maximum Gasteiger partial charge on any atom is 0.254 e. The topological polar surface area (TPSA) is 58.8 Å². The second kappa shape index (κ2) is 8.56. The largest absolute Gasteiger partial charge is 0.494 e. The highest BCUT2D eigenvalue weighted by atomic mass is 16.5. The van der Waals surface area contributed by atoms with Gasteiger partial charge in [-0.25, -0.2) is 4.98 Å². The van der Waals surface area contributed by atoms with E-state index in [-0.39, 0.29) is 0 Å². The fraction of sp³-hybridized carbons (Fsp3) is 0.476. The van der Waals surface area contributed by atoms with Crippen LogP contribution in [-0.4, -0.2) is 57.3 Å². The van der Waals surface area contributed by atoms with Crippen molar-refractivity contribution in [3.63, 3.8) is 0 Å². The van der Waals surface area contributed by atoms with Crippen molar-refractivity contribution in [2.75, 3.05) is 37.7 Å². The average Bonchev–Trinajstić information content (AvgIpc) is 3.19. The van der Waals surface area contributed by atoms with Crippen LogP contribution in [0.4, 0.5) is 5.82 Å². The van der Waals surface area contributed by atoms with Gasteiger partial charge in [-0.15, -0.1) is 0 Å². The maximum absolute atomic E-state index is 5.53. The van der Waals surface area contributed by atoms with Crippen molar-refractivity contribution in [1.82, 2.24) is 24.5 Å². The summed E-state index contributed by atoms with van der Waals surface area (Å²) in [5, 5.41) is 4.38. The van der Waals surface area contributed by atoms with Gasteiger partial charge in [0, 0.05) is 44.5 Å². The van der Waals surface area contributed by atoms with Gasteiger partial charge in [-0.2, -0.15) is 14.6 Å². The molecule has 1 aliphatic heterocycles. The monoisotopic (exact) mass is 380 g/mol. The zero-order valence-electron chi connectivity index (χ0n) is 16.7. The van der Waals surface area contributed by atoms with Crippen molar-refractivity contribution in [3.8, 4) is 5.75 Å². The minimum atomic E-state index is 0.692. The lowest BCUT2D eigenvalue weighted by Gasteiger charge is -2.36. The predicted molar refractivity (Wildman–Crippen MR) is 110 cm³/mol. The van der Waals surface area contributed by atoms with Crippen LogP contribution in [0.2, 0.25) is 0 Å². The van der Waals surface area contributed by atoms with E-state index in [1.807, 2.05) is 11.4 Å². The van der Waals surface area contributed by atoms with E-state index >= 15 is 0 Å². The number of aryl methyl sites for hydroxylation is 1. The first-order chi connectivity index (χ1) is 13.8. The standard InChI is InChI=1S/C21H28N6O/c1-3-5-18-14-20(27-21(24-18)22-16-23-27)26-12-10-25(11-13-26)15-17-6-8-19(9-7-17)28-4-2/h6-9,14,16H,3-5,10-13,15H2,1-2H3. The van der Waals surface area contributed by atoms with E-state index < -0.39 is 0 Å². The van der Waals surface area contributed by atoms with Gasteiger partial charge >= 0.3 is 0 Å². The number of rotatable bonds is 7. The molecule has 148 valence electrons. The average molecular weight is 380 g/mol. The molecule has 0 unspecified atom stereocenters. The molecule has 7 heteroatoms. The zero-order chi connectivity index (χ0) is 19.3. The molecule has 0 radical (unpaired) electrons. The molecular formula is C21H28N6O. The van der Waals surface area contributed by atoms with Gasteiger partial charge in [0.05, 0.1) is 6.61 Å². The van der Waals surface area contributed by atoms with Crippen molar-refractivity contribution in [1.29, 1.82) is 0 Å². The maximum atomic E-state index is 5.53. The third-order valence-electron chi connectivity index (χ3n) is 5.13. The molecule has 1 saturated heterocycles. The molecule has 28 heavy (non-hydrogen) atoms. The number of benzene rings is 1.